The number of aromatic nitrogens is 2. The van der Waals surface area contributed by atoms with Gasteiger partial charge in [0.1, 0.15) is 0 Å². The van der Waals surface area contributed by atoms with Crippen molar-refractivity contribution in [3.63, 3.8) is 0 Å². The van der Waals surface area contributed by atoms with Crippen LogP contribution in [0.3, 0.4) is 0 Å². The zero-order chi connectivity index (χ0) is 24.7. The van der Waals surface area contributed by atoms with E-state index in [1.165, 1.54) is 23.8 Å². The minimum Gasteiger partial charge on any atom is -0.465 e. The number of anilines is 1. The number of benzene rings is 2. The molecule has 3 aromatic rings. The van der Waals surface area contributed by atoms with E-state index in [9.17, 15) is 26.4 Å². The zero-order valence-corrected chi connectivity index (χ0v) is 19.5. The Balaban J connectivity index is 1.54. The van der Waals surface area contributed by atoms with Crippen LogP contribution in [0.15, 0.2) is 47.4 Å². The molecule has 4 rings (SSSR count). The number of alkyl halides is 3. The zero-order valence-electron chi connectivity index (χ0n) is 18.7. The van der Waals surface area contributed by atoms with E-state index in [-0.39, 0.29) is 22.9 Å². The van der Waals surface area contributed by atoms with Gasteiger partial charge in [-0.15, -0.1) is 0 Å². The standard InChI is InChI=1S/C23H24F3N3O4S/c1-33-21(30)17-8-7-16(13-20(17)34(2,31)32)28-11-9-15(10-12-28)14-29-19-6-4-3-5-18(19)27-22(29)23(24,25)26/h3-8,13,15H,9-12,14H2,1-2H3. The van der Waals surface area contributed by atoms with Gasteiger partial charge in [-0.05, 0) is 49.1 Å². The Morgan fingerprint density at radius 2 is 1.82 bits per heavy atom. The molecule has 0 saturated carbocycles. The average molecular weight is 496 g/mol. The largest absolute Gasteiger partial charge is 0.465 e. The highest BCUT2D eigenvalue weighted by atomic mass is 32.2. The Hall–Kier alpha value is -3.08. The van der Waals surface area contributed by atoms with Crippen LogP contribution in [0.4, 0.5) is 18.9 Å². The molecule has 0 spiro atoms. The molecule has 1 aliphatic heterocycles. The lowest BCUT2D eigenvalue weighted by Crippen LogP contribution is -2.35. The Labute approximate surface area is 195 Å². The van der Waals surface area contributed by atoms with Gasteiger partial charge in [0.25, 0.3) is 0 Å². The SMILES string of the molecule is COC(=O)c1ccc(N2CCC(Cn3c(C(F)(F)F)nc4ccccc43)CC2)cc1S(C)(=O)=O. The third-order valence-electron chi connectivity index (χ3n) is 6.10. The molecule has 2 aromatic carbocycles. The molecular formula is C23H24F3N3O4S. The number of piperidine rings is 1. The van der Waals surface area contributed by atoms with E-state index in [4.69, 9.17) is 0 Å². The molecule has 1 aliphatic rings. The number of rotatable bonds is 5. The molecule has 2 heterocycles. The molecular weight excluding hydrogens is 471 g/mol. The van der Waals surface area contributed by atoms with Crippen molar-refractivity contribution >= 4 is 32.5 Å². The second-order valence-corrected chi connectivity index (χ2v) is 10.4. The number of hydrogen-bond donors (Lipinski definition) is 0. The molecule has 0 radical (unpaired) electrons. The maximum Gasteiger partial charge on any atom is 0.449 e. The van der Waals surface area contributed by atoms with Crippen molar-refractivity contribution in [1.29, 1.82) is 0 Å². The minimum absolute atomic E-state index is 0.00123. The third kappa shape index (κ3) is 4.75. The Bertz CT molecular complexity index is 1330. The van der Waals surface area contributed by atoms with Crippen molar-refractivity contribution in [3.8, 4) is 0 Å². The van der Waals surface area contributed by atoms with E-state index >= 15 is 0 Å². The molecule has 1 saturated heterocycles. The number of nitrogens with zero attached hydrogens (tertiary/aromatic N) is 3. The van der Waals surface area contributed by atoms with E-state index in [2.05, 4.69) is 9.72 Å². The topological polar surface area (TPSA) is 81.5 Å². The quantitative estimate of drug-likeness (QED) is 0.495. The number of imidazole rings is 1. The van der Waals surface area contributed by atoms with Gasteiger partial charge in [-0.1, -0.05) is 12.1 Å². The summed E-state index contributed by atoms with van der Waals surface area (Å²) in [6.07, 6.45) is -2.28. The van der Waals surface area contributed by atoms with Gasteiger partial charge in [0, 0.05) is 31.6 Å². The fourth-order valence-corrected chi connectivity index (χ4v) is 5.29. The van der Waals surface area contributed by atoms with Crippen molar-refractivity contribution in [2.75, 3.05) is 31.4 Å². The lowest BCUT2D eigenvalue weighted by Gasteiger charge is -2.34. The molecule has 182 valence electrons. The normalized spacial score (nSPS) is 15.6. The van der Waals surface area contributed by atoms with Gasteiger partial charge >= 0.3 is 12.1 Å². The molecule has 0 unspecified atom stereocenters. The number of methoxy groups -OCH3 is 1. The van der Waals surface area contributed by atoms with Crippen LogP contribution in [0, 0.1) is 5.92 Å². The molecule has 0 N–H and O–H groups in total. The van der Waals surface area contributed by atoms with Gasteiger partial charge in [-0.3, -0.25) is 0 Å². The molecule has 0 bridgehead atoms. The lowest BCUT2D eigenvalue weighted by molar-refractivity contribution is -0.147. The molecule has 1 aromatic heterocycles. The summed E-state index contributed by atoms with van der Waals surface area (Å²) in [5.41, 5.74) is 1.37. The molecule has 1 fully saturated rings. The first kappa shape index (κ1) is 24.1. The molecule has 7 nitrogen and oxygen atoms in total. The van der Waals surface area contributed by atoms with Gasteiger partial charge in [-0.25, -0.2) is 18.2 Å². The highest BCUT2D eigenvalue weighted by Crippen LogP contribution is 2.34. The molecule has 11 heteroatoms. The first-order valence-electron chi connectivity index (χ1n) is 10.7. The van der Waals surface area contributed by atoms with Crippen molar-refractivity contribution < 1.29 is 31.1 Å². The van der Waals surface area contributed by atoms with Gasteiger partial charge in [0.2, 0.25) is 5.82 Å². The lowest BCUT2D eigenvalue weighted by atomic mass is 9.96. The summed E-state index contributed by atoms with van der Waals surface area (Å²) in [7, 11) is -2.50. The number of halogens is 3. The predicted molar refractivity (Wildman–Crippen MR) is 121 cm³/mol. The van der Waals surface area contributed by atoms with Crippen molar-refractivity contribution in [2.24, 2.45) is 5.92 Å². The summed E-state index contributed by atoms with van der Waals surface area (Å²) in [4.78, 5) is 17.6. The van der Waals surface area contributed by atoms with Crippen LogP contribution in [-0.4, -0.2) is 50.4 Å². The van der Waals surface area contributed by atoms with Crippen LogP contribution in [-0.2, 0) is 27.3 Å². The van der Waals surface area contributed by atoms with Crippen LogP contribution in [0.2, 0.25) is 0 Å². The van der Waals surface area contributed by atoms with Gasteiger partial charge in [0.05, 0.1) is 28.6 Å². The number of ether oxygens (including phenoxy) is 1. The summed E-state index contributed by atoms with van der Waals surface area (Å²) in [5, 5.41) is 0. The van der Waals surface area contributed by atoms with Crippen LogP contribution >= 0.6 is 0 Å². The number of fused-ring (bicyclic) bond motifs is 1. The first-order valence-corrected chi connectivity index (χ1v) is 12.6. The van der Waals surface area contributed by atoms with Crippen LogP contribution in [0.25, 0.3) is 11.0 Å². The van der Waals surface area contributed by atoms with Crippen LogP contribution in [0.1, 0.15) is 29.0 Å². The first-order chi connectivity index (χ1) is 16.0. The maximum absolute atomic E-state index is 13.6. The number of sulfone groups is 1. The Morgan fingerprint density at radius 1 is 1.15 bits per heavy atom. The van der Waals surface area contributed by atoms with Crippen LogP contribution < -0.4 is 4.90 Å². The number of carbonyl (C=O) groups excluding carboxylic acids is 1. The van der Waals surface area contributed by atoms with E-state index in [0.29, 0.717) is 42.7 Å². The molecule has 0 aliphatic carbocycles. The van der Waals surface area contributed by atoms with Gasteiger partial charge in [0.15, 0.2) is 9.84 Å². The second-order valence-electron chi connectivity index (χ2n) is 8.41. The fourth-order valence-electron chi connectivity index (χ4n) is 4.40. The third-order valence-corrected chi connectivity index (χ3v) is 7.24. The summed E-state index contributed by atoms with van der Waals surface area (Å²) in [6, 6.07) is 11.1. The van der Waals surface area contributed by atoms with Gasteiger partial charge < -0.3 is 14.2 Å². The number of carbonyl (C=O) groups is 1. The summed E-state index contributed by atoms with van der Waals surface area (Å²) < 4.78 is 71.2. The monoisotopic (exact) mass is 495 g/mol. The molecule has 0 atom stereocenters. The van der Waals surface area contributed by atoms with E-state index in [0.717, 1.165) is 6.26 Å². The van der Waals surface area contributed by atoms with Crippen LogP contribution in [0.5, 0.6) is 0 Å². The molecule has 0 amide bonds. The smallest absolute Gasteiger partial charge is 0.449 e. The summed E-state index contributed by atoms with van der Waals surface area (Å²) in [6.45, 7) is 1.28. The van der Waals surface area contributed by atoms with Crippen molar-refractivity contribution in [2.45, 2.75) is 30.5 Å². The second kappa shape index (κ2) is 8.94. The Kier molecular flexibility index (Phi) is 6.32. The van der Waals surface area contributed by atoms with Crippen molar-refractivity contribution in [1.82, 2.24) is 9.55 Å². The van der Waals surface area contributed by atoms with E-state index < -0.39 is 27.8 Å². The minimum atomic E-state index is -4.55. The van der Waals surface area contributed by atoms with Crippen molar-refractivity contribution in [3.05, 3.63) is 53.9 Å². The van der Waals surface area contributed by atoms with E-state index in [1.54, 1.807) is 30.3 Å². The number of esters is 1. The molecule has 34 heavy (non-hydrogen) atoms. The Morgan fingerprint density at radius 3 is 2.44 bits per heavy atom. The predicted octanol–water partition coefficient (Wildman–Crippen LogP) is 4.16. The number of para-hydroxylation sites is 2. The summed E-state index contributed by atoms with van der Waals surface area (Å²) in [5.74, 6) is -1.63. The highest BCUT2D eigenvalue weighted by molar-refractivity contribution is 7.90. The van der Waals surface area contributed by atoms with E-state index in [1.807, 2.05) is 4.90 Å². The van der Waals surface area contributed by atoms with Gasteiger partial charge in [-0.2, -0.15) is 13.2 Å². The summed E-state index contributed by atoms with van der Waals surface area (Å²) >= 11 is 0. The fraction of sp³-hybridized carbons (Fsp3) is 0.391. The maximum atomic E-state index is 13.6. The number of hydrogen-bond acceptors (Lipinski definition) is 6. The highest BCUT2D eigenvalue weighted by Gasteiger charge is 2.38. The average Bonchev–Trinajstić information content (AvgIpc) is 3.17.